The highest BCUT2D eigenvalue weighted by Crippen LogP contribution is 2.27. The number of anilines is 1. The van der Waals surface area contributed by atoms with Crippen molar-refractivity contribution in [3.05, 3.63) is 59.2 Å². The van der Waals surface area contributed by atoms with E-state index < -0.39 is 0 Å². The van der Waals surface area contributed by atoms with E-state index in [2.05, 4.69) is 25.1 Å². The van der Waals surface area contributed by atoms with Crippen LogP contribution in [0.5, 0.6) is 0 Å². The lowest BCUT2D eigenvalue weighted by molar-refractivity contribution is 0.0601. The Bertz CT molecular complexity index is 626. The molecule has 0 bridgehead atoms. The van der Waals surface area contributed by atoms with E-state index in [0.717, 1.165) is 5.56 Å². The number of benzene rings is 2. The first kappa shape index (κ1) is 14.5. The van der Waals surface area contributed by atoms with Gasteiger partial charge in [-0.15, -0.1) is 11.8 Å². The van der Waals surface area contributed by atoms with E-state index in [4.69, 9.17) is 10.5 Å². The van der Waals surface area contributed by atoms with Gasteiger partial charge in [0.25, 0.3) is 0 Å². The lowest BCUT2D eigenvalue weighted by atomic mass is 10.1. The summed E-state index contributed by atoms with van der Waals surface area (Å²) in [5.41, 5.74) is 8.92. The van der Waals surface area contributed by atoms with Crippen LogP contribution in [0, 0.1) is 6.92 Å². The van der Waals surface area contributed by atoms with E-state index in [1.54, 1.807) is 17.8 Å². The molecule has 20 heavy (non-hydrogen) atoms. The molecule has 2 rings (SSSR count). The molecule has 0 saturated heterocycles. The van der Waals surface area contributed by atoms with Crippen LogP contribution in [0.2, 0.25) is 0 Å². The zero-order valence-electron chi connectivity index (χ0n) is 11.6. The fraction of sp³-hybridized carbons (Fsp3) is 0.188. The average Bonchev–Trinajstić information content (AvgIpc) is 2.44. The Labute approximate surface area is 123 Å². The van der Waals surface area contributed by atoms with Crippen molar-refractivity contribution in [1.29, 1.82) is 0 Å². The lowest BCUT2D eigenvalue weighted by Crippen LogP contribution is -2.09. The van der Waals surface area contributed by atoms with Crippen LogP contribution in [0.15, 0.2) is 47.4 Å². The van der Waals surface area contributed by atoms with Crippen molar-refractivity contribution >= 4 is 23.4 Å². The van der Waals surface area contributed by atoms with Crippen molar-refractivity contribution in [3.63, 3.8) is 0 Å². The molecule has 0 aliphatic heterocycles. The van der Waals surface area contributed by atoms with Crippen molar-refractivity contribution in [2.24, 2.45) is 0 Å². The van der Waals surface area contributed by atoms with Crippen LogP contribution in [0.1, 0.15) is 21.5 Å². The van der Waals surface area contributed by atoms with E-state index in [9.17, 15) is 4.79 Å². The van der Waals surface area contributed by atoms with Crippen LogP contribution >= 0.6 is 11.8 Å². The summed E-state index contributed by atoms with van der Waals surface area (Å²) in [4.78, 5) is 13.0. The van der Waals surface area contributed by atoms with Gasteiger partial charge in [0, 0.05) is 16.3 Å². The molecule has 2 aromatic carbocycles. The molecule has 0 spiro atoms. The second-order valence-corrected chi connectivity index (χ2v) is 5.53. The molecule has 0 radical (unpaired) electrons. The van der Waals surface area contributed by atoms with Gasteiger partial charge in [0.2, 0.25) is 0 Å². The predicted molar refractivity (Wildman–Crippen MR) is 82.9 cm³/mol. The molecule has 0 fully saturated rings. The zero-order valence-corrected chi connectivity index (χ0v) is 12.4. The Morgan fingerprint density at radius 3 is 2.70 bits per heavy atom. The Hall–Kier alpha value is -1.94. The molecule has 4 heteroatoms. The minimum Gasteiger partial charge on any atom is -0.465 e. The summed E-state index contributed by atoms with van der Waals surface area (Å²) < 4.78 is 4.80. The molecular formula is C16H17NO2S. The van der Waals surface area contributed by atoms with Crippen LogP contribution in [-0.2, 0) is 10.5 Å². The topological polar surface area (TPSA) is 52.3 Å². The van der Waals surface area contributed by atoms with Gasteiger partial charge in [-0.1, -0.05) is 29.8 Å². The fourth-order valence-electron chi connectivity index (χ4n) is 1.96. The largest absolute Gasteiger partial charge is 0.465 e. The van der Waals surface area contributed by atoms with Gasteiger partial charge in [0.15, 0.2) is 0 Å². The molecule has 0 heterocycles. The normalized spacial score (nSPS) is 10.3. The summed E-state index contributed by atoms with van der Waals surface area (Å²) in [5.74, 6) is 0.293. The first-order chi connectivity index (χ1) is 9.61. The number of carbonyl (C=O) groups is 1. The molecule has 2 N–H and O–H groups in total. The van der Waals surface area contributed by atoms with E-state index in [1.165, 1.54) is 17.6 Å². The molecule has 2 aromatic rings. The molecule has 0 unspecified atom stereocenters. The Balaban J connectivity index is 2.21. The third-order valence-corrected chi connectivity index (χ3v) is 4.00. The minimum absolute atomic E-state index is 0.386. The number of thioether (sulfide) groups is 1. The first-order valence-electron chi connectivity index (χ1n) is 6.27. The van der Waals surface area contributed by atoms with E-state index in [-0.39, 0.29) is 5.97 Å². The third kappa shape index (κ3) is 3.33. The van der Waals surface area contributed by atoms with Gasteiger partial charge in [0.1, 0.15) is 0 Å². The van der Waals surface area contributed by atoms with Gasteiger partial charge < -0.3 is 10.5 Å². The van der Waals surface area contributed by atoms with Crippen LogP contribution in [0.3, 0.4) is 0 Å². The van der Waals surface area contributed by atoms with Gasteiger partial charge in [-0.3, -0.25) is 0 Å². The molecule has 3 nitrogen and oxygen atoms in total. The Kier molecular flexibility index (Phi) is 4.69. The maximum atomic E-state index is 11.8. The number of aryl methyl sites for hydroxylation is 1. The number of nitrogens with two attached hydrogens (primary N) is 1. The molecule has 0 amide bonds. The smallest absolute Gasteiger partial charge is 0.340 e. The van der Waals surface area contributed by atoms with Crippen molar-refractivity contribution in [2.45, 2.75) is 17.6 Å². The number of carbonyl (C=O) groups excluding carboxylic acids is 1. The zero-order chi connectivity index (χ0) is 14.5. The predicted octanol–water partition coefficient (Wildman–Crippen LogP) is 3.66. The molecular weight excluding hydrogens is 270 g/mol. The summed E-state index contributed by atoms with van der Waals surface area (Å²) >= 11 is 1.68. The van der Waals surface area contributed by atoms with Gasteiger partial charge in [0.05, 0.1) is 12.7 Å². The standard InChI is InChI=1S/C16H17NO2S/c1-11-5-3-7-13(9-11)20-10-12-6-4-8-14(17)15(12)16(18)19-2/h3-9H,10,17H2,1-2H3. The van der Waals surface area contributed by atoms with Crippen molar-refractivity contribution in [2.75, 3.05) is 12.8 Å². The van der Waals surface area contributed by atoms with Gasteiger partial charge in [-0.2, -0.15) is 0 Å². The SMILES string of the molecule is COC(=O)c1c(N)cccc1CSc1cccc(C)c1. The summed E-state index contributed by atoms with van der Waals surface area (Å²) in [6.07, 6.45) is 0. The Morgan fingerprint density at radius 1 is 1.25 bits per heavy atom. The number of methoxy groups -OCH3 is 1. The third-order valence-electron chi connectivity index (χ3n) is 2.96. The van der Waals surface area contributed by atoms with Crippen LogP contribution in [-0.4, -0.2) is 13.1 Å². The number of hydrogen-bond donors (Lipinski definition) is 1. The summed E-state index contributed by atoms with van der Waals surface area (Å²) in [7, 11) is 1.37. The summed E-state index contributed by atoms with van der Waals surface area (Å²) in [5, 5.41) is 0. The van der Waals surface area contributed by atoms with Crippen LogP contribution in [0.25, 0.3) is 0 Å². The lowest BCUT2D eigenvalue weighted by Gasteiger charge is -2.10. The molecule has 104 valence electrons. The number of rotatable bonds is 4. The summed E-state index contributed by atoms with van der Waals surface area (Å²) in [6.45, 7) is 2.06. The molecule has 0 aromatic heterocycles. The number of esters is 1. The van der Waals surface area contributed by atoms with Crippen molar-refractivity contribution in [1.82, 2.24) is 0 Å². The van der Waals surface area contributed by atoms with E-state index in [0.29, 0.717) is 17.0 Å². The van der Waals surface area contributed by atoms with E-state index in [1.807, 2.05) is 18.2 Å². The second kappa shape index (κ2) is 6.48. The fourth-order valence-corrected chi connectivity index (χ4v) is 2.96. The molecule has 0 atom stereocenters. The monoisotopic (exact) mass is 287 g/mol. The highest BCUT2D eigenvalue weighted by atomic mass is 32.2. The number of nitrogen functional groups attached to an aromatic ring is 1. The van der Waals surface area contributed by atoms with Crippen molar-refractivity contribution < 1.29 is 9.53 Å². The quantitative estimate of drug-likeness (QED) is 0.530. The van der Waals surface area contributed by atoms with Gasteiger partial charge >= 0.3 is 5.97 Å². The number of ether oxygens (including phenoxy) is 1. The highest BCUT2D eigenvalue weighted by molar-refractivity contribution is 7.98. The van der Waals surface area contributed by atoms with Crippen LogP contribution in [0.4, 0.5) is 5.69 Å². The van der Waals surface area contributed by atoms with Gasteiger partial charge in [-0.05, 0) is 30.7 Å². The minimum atomic E-state index is -0.386. The maximum absolute atomic E-state index is 11.8. The first-order valence-corrected chi connectivity index (χ1v) is 7.25. The maximum Gasteiger partial charge on any atom is 0.340 e. The summed E-state index contributed by atoms with van der Waals surface area (Å²) in [6, 6.07) is 13.7. The van der Waals surface area contributed by atoms with Gasteiger partial charge in [-0.25, -0.2) is 4.79 Å². The number of hydrogen-bond acceptors (Lipinski definition) is 4. The Morgan fingerprint density at radius 2 is 2.00 bits per heavy atom. The highest BCUT2D eigenvalue weighted by Gasteiger charge is 2.15. The van der Waals surface area contributed by atoms with E-state index >= 15 is 0 Å². The van der Waals surface area contributed by atoms with Crippen molar-refractivity contribution in [3.8, 4) is 0 Å². The molecule has 0 aliphatic rings. The molecule has 0 saturated carbocycles. The molecule has 0 aliphatic carbocycles. The second-order valence-electron chi connectivity index (χ2n) is 4.48. The van der Waals surface area contributed by atoms with Crippen LogP contribution < -0.4 is 5.73 Å². The average molecular weight is 287 g/mol.